The number of hydrogen-bond acceptors (Lipinski definition) is 3. The van der Waals surface area contributed by atoms with Crippen molar-refractivity contribution >= 4 is 17.1 Å². The monoisotopic (exact) mass is 336 g/mol. The first kappa shape index (κ1) is 17.9. The van der Waals surface area contributed by atoms with E-state index in [0.29, 0.717) is 6.61 Å². The Labute approximate surface area is 139 Å². The van der Waals surface area contributed by atoms with Gasteiger partial charge in [-0.25, -0.2) is 13.2 Å². The van der Waals surface area contributed by atoms with Crippen molar-refractivity contribution in [3.05, 3.63) is 65.5 Å². The minimum atomic E-state index is -1.12. The van der Waals surface area contributed by atoms with Crippen LogP contribution in [-0.4, -0.2) is 6.61 Å². The molecule has 2 aromatic rings. The maximum Gasteiger partial charge on any atom is 0.182 e. The third kappa shape index (κ3) is 4.08. The highest BCUT2D eigenvalue weighted by atomic mass is 19.2. The molecule has 2 rings (SSSR count). The molecule has 6 heteroatoms. The highest BCUT2D eigenvalue weighted by Crippen LogP contribution is 2.31. The summed E-state index contributed by atoms with van der Waals surface area (Å²) >= 11 is 0. The lowest BCUT2D eigenvalue weighted by Gasteiger charge is -2.17. The molecule has 3 nitrogen and oxygen atoms in total. The molecule has 0 atom stereocenters. The molecule has 2 aromatic carbocycles. The lowest BCUT2D eigenvalue weighted by Crippen LogP contribution is -2.15. The fourth-order valence-corrected chi connectivity index (χ4v) is 2.08. The lowest BCUT2D eigenvalue weighted by molar-refractivity contribution is 0.0791. The van der Waals surface area contributed by atoms with Crippen LogP contribution in [0.1, 0.15) is 24.5 Å². The van der Waals surface area contributed by atoms with Crippen LogP contribution in [0.5, 0.6) is 0 Å². The zero-order chi connectivity index (χ0) is 17.7. The van der Waals surface area contributed by atoms with Crippen molar-refractivity contribution in [1.29, 1.82) is 0 Å². The summed E-state index contributed by atoms with van der Waals surface area (Å²) in [5.74, 6) is -2.73. The zero-order valence-corrected chi connectivity index (χ0v) is 13.6. The first-order valence-corrected chi connectivity index (χ1v) is 7.52. The van der Waals surface area contributed by atoms with Crippen molar-refractivity contribution in [3.8, 4) is 0 Å². The highest BCUT2D eigenvalue weighted by molar-refractivity contribution is 5.77. The van der Waals surface area contributed by atoms with Crippen molar-refractivity contribution in [3.63, 3.8) is 0 Å². The van der Waals surface area contributed by atoms with E-state index >= 15 is 0 Å². The molecule has 0 aromatic heterocycles. The second-order valence-corrected chi connectivity index (χ2v) is 5.32. The van der Waals surface area contributed by atoms with E-state index in [4.69, 9.17) is 4.84 Å². The molecule has 0 spiro atoms. The van der Waals surface area contributed by atoms with Gasteiger partial charge in [-0.1, -0.05) is 19.6 Å². The van der Waals surface area contributed by atoms with E-state index in [1.165, 1.54) is 18.2 Å². The van der Waals surface area contributed by atoms with Crippen LogP contribution in [0.25, 0.3) is 5.70 Å². The summed E-state index contributed by atoms with van der Waals surface area (Å²) in [6.07, 6.45) is 0.776. The van der Waals surface area contributed by atoms with Gasteiger partial charge < -0.3 is 5.32 Å². The van der Waals surface area contributed by atoms with Gasteiger partial charge in [0.05, 0.1) is 23.7 Å². The smallest absolute Gasteiger partial charge is 0.182 e. The maximum atomic E-state index is 14.2. The fourth-order valence-electron chi connectivity index (χ4n) is 2.08. The predicted octanol–water partition coefficient (Wildman–Crippen LogP) is 5.06. The number of hydroxylamine groups is 1. The number of hydrogen-bond donors (Lipinski definition) is 2. The van der Waals surface area contributed by atoms with E-state index in [2.05, 4.69) is 17.4 Å². The van der Waals surface area contributed by atoms with Crippen LogP contribution in [0.2, 0.25) is 0 Å². The Hall–Kier alpha value is -2.47. The van der Waals surface area contributed by atoms with Gasteiger partial charge >= 0.3 is 0 Å². The summed E-state index contributed by atoms with van der Waals surface area (Å²) in [7, 11) is 0. The summed E-state index contributed by atoms with van der Waals surface area (Å²) in [6.45, 7) is 7.84. The molecule has 128 valence electrons. The molecule has 0 heterocycles. The second-order valence-electron chi connectivity index (χ2n) is 5.32. The van der Waals surface area contributed by atoms with Crippen molar-refractivity contribution in [1.82, 2.24) is 5.48 Å². The first-order valence-electron chi connectivity index (χ1n) is 7.52. The lowest BCUT2D eigenvalue weighted by atomic mass is 10.1. The minimum Gasteiger partial charge on any atom is -0.350 e. The Morgan fingerprint density at radius 3 is 2.54 bits per heavy atom. The summed E-state index contributed by atoms with van der Waals surface area (Å²) in [6, 6.07) is 6.75. The molecular weight excluding hydrogens is 317 g/mol. The van der Waals surface area contributed by atoms with Crippen LogP contribution in [-0.2, 0) is 4.84 Å². The Morgan fingerprint density at radius 2 is 1.88 bits per heavy atom. The number of rotatable bonds is 7. The molecule has 0 aliphatic rings. The SMILES string of the molecule is C=C(NOCCC)c1ccc(F)c(F)c1Nc1ccc(C)cc1F. The van der Waals surface area contributed by atoms with Crippen LogP contribution in [0.3, 0.4) is 0 Å². The average Bonchev–Trinajstić information content (AvgIpc) is 2.54. The van der Waals surface area contributed by atoms with Crippen LogP contribution in [0.4, 0.5) is 24.5 Å². The van der Waals surface area contributed by atoms with E-state index in [0.717, 1.165) is 18.1 Å². The molecule has 0 amide bonds. The minimum absolute atomic E-state index is 0.0358. The maximum absolute atomic E-state index is 14.2. The zero-order valence-electron chi connectivity index (χ0n) is 13.6. The summed E-state index contributed by atoms with van der Waals surface area (Å²) in [4.78, 5) is 5.15. The molecule has 0 bridgehead atoms. The summed E-state index contributed by atoms with van der Waals surface area (Å²) in [5, 5.41) is 2.60. The third-order valence-corrected chi connectivity index (χ3v) is 3.31. The summed E-state index contributed by atoms with van der Waals surface area (Å²) in [5.41, 5.74) is 3.60. The number of aryl methyl sites for hydroxylation is 1. The van der Waals surface area contributed by atoms with Gasteiger partial charge in [-0.05, 0) is 43.2 Å². The molecule has 0 aliphatic carbocycles. The molecule has 0 fully saturated rings. The van der Waals surface area contributed by atoms with Crippen molar-refractivity contribution < 1.29 is 18.0 Å². The number of anilines is 2. The average molecular weight is 336 g/mol. The van der Waals surface area contributed by atoms with Gasteiger partial charge in [0, 0.05) is 5.56 Å². The third-order valence-electron chi connectivity index (χ3n) is 3.31. The second kappa shape index (κ2) is 7.88. The van der Waals surface area contributed by atoms with Gasteiger partial charge in [-0.2, -0.15) is 0 Å². The van der Waals surface area contributed by atoms with Crippen molar-refractivity contribution in [2.75, 3.05) is 11.9 Å². The van der Waals surface area contributed by atoms with Crippen LogP contribution >= 0.6 is 0 Å². The Kier molecular flexibility index (Phi) is 5.87. The quantitative estimate of drug-likeness (QED) is 0.548. The standard InChI is InChI=1S/C18H19F3N2O/c1-4-9-24-23-12(3)13-6-7-14(19)17(21)18(13)22-16-8-5-11(2)10-15(16)20/h5-8,10,22-23H,3-4,9H2,1-2H3. The fraction of sp³-hybridized carbons (Fsp3) is 0.222. The Balaban J connectivity index is 2.36. The van der Waals surface area contributed by atoms with Gasteiger partial charge in [0.2, 0.25) is 0 Å². The molecule has 0 saturated carbocycles. The topological polar surface area (TPSA) is 33.3 Å². The number of halogens is 3. The van der Waals surface area contributed by atoms with E-state index < -0.39 is 17.5 Å². The van der Waals surface area contributed by atoms with E-state index in [1.54, 1.807) is 13.0 Å². The van der Waals surface area contributed by atoms with Gasteiger partial charge in [0.1, 0.15) is 5.82 Å². The van der Waals surface area contributed by atoms with Gasteiger partial charge in [-0.15, -0.1) is 0 Å². The summed E-state index contributed by atoms with van der Waals surface area (Å²) < 4.78 is 41.9. The molecule has 0 aliphatic heterocycles. The van der Waals surface area contributed by atoms with Crippen molar-refractivity contribution in [2.24, 2.45) is 0 Å². The molecule has 0 saturated heterocycles. The molecular formula is C18H19F3N2O. The molecule has 0 unspecified atom stereocenters. The Morgan fingerprint density at radius 1 is 1.12 bits per heavy atom. The predicted molar refractivity (Wildman–Crippen MR) is 89.2 cm³/mol. The van der Waals surface area contributed by atoms with Gasteiger partial charge in [0.25, 0.3) is 0 Å². The first-order chi connectivity index (χ1) is 11.4. The van der Waals surface area contributed by atoms with Gasteiger partial charge in [0.15, 0.2) is 11.6 Å². The van der Waals surface area contributed by atoms with E-state index in [1.807, 2.05) is 6.92 Å². The normalized spacial score (nSPS) is 10.5. The molecule has 2 N–H and O–H groups in total. The van der Waals surface area contributed by atoms with E-state index in [-0.39, 0.29) is 22.6 Å². The molecule has 24 heavy (non-hydrogen) atoms. The molecule has 0 radical (unpaired) electrons. The number of nitrogens with one attached hydrogen (secondary N) is 2. The van der Waals surface area contributed by atoms with E-state index in [9.17, 15) is 13.2 Å². The largest absolute Gasteiger partial charge is 0.350 e. The van der Waals surface area contributed by atoms with Crippen LogP contribution in [0, 0.1) is 24.4 Å². The highest BCUT2D eigenvalue weighted by Gasteiger charge is 2.17. The van der Waals surface area contributed by atoms with Gasteiger partial charge in [-0.3, -0.25) is 10.3 Å². The van der Waals surface area contributed by atoms with Crippen LogP contribution in [0.15, 0.2) is 36.9 Å². The number of benzene rings is 2. The Bertz CT molecular complexity index is 747. The van der Waals surface area contributed by atoms with Crippen molar-refractivity contribution in [2.45, 2.75) is 20.3 Å². The van der Waals surface area contributed by atoms with Crippen LogP contribution < -0.4 is 10.8 Å².